The molecular weight excluding hydrogens is 182 g/mol. The van der Waals surface area contributed by atoms with Gasteiger partial charge in [0.2, 0.25) is 0 Å². The molecule has 5 nitrogen and oxygen atoms in total. The van der Waals surface area contributed by atoms with E-state index in [2.05, 4.69) is 5.32 Å². The number of carboxylic acids is 1. The zero-order valence-corrected chi connectivity index (χ0v) is 7.32. The van der Waals surface area contributed by atoms with Crippen LogP contribution in [0.1, 0.15) is 5.56 Å². The largest absolute Gasteiger partial charge is 0.480 e. The Balaban J connectivity index is 2.85. The third-order valence-electron chi connectivity index (χ3n) is 1.61. The van der Waals surface area contributed by atoms with Crippen molar-refractivity contribution in [3.63, 3.8) is 0 Å². The molecule has 0 saturated carbocycles. The lowest BCUT2D eigenvalue weighted by atomic mass is 10.2. The highest BCUT2D eigenvalue weighted by atomic mass is 16.4. The van der Waals surface area contributed by atoms with E-state index in [0.717, 1.165) is 0 Å². The van der Waals surface area contributed by atoms with E-state index in [4.69, 9.17) is 16.1 Å². The van der Waals surface area contributed by atoms with Crippen LogP contribution in [-0.4, -0.2) is 17.6 Å². The molecule has 0 bridgehead atoms. The summed E-state index contributed by atoms with van der Waals surface area (Å²) in [7, 11) is 0. The van der Waals surface area contributed by atoms with Gasteiger partial charge in [0.15, 0.2) is 0 Å². The van der Waals surface area contributed by atoms with Gasteiger partial charge >= 0.3 is 5.97 Å². The fourth-order valence-corrected chi connectivity index (χ4v) is 0.950. The minimum Gasteiger partial charge on any atom is -0.480 e. The highest BCUT2D eigenvalue weighted by Gasteiger charge is 2.02. The molecular formula is C9H9N3O2. The van der Waals surface area contributed by atoms with Crippen molar-refractivity contribution in [1.82, 2.24) is 0 Å². The van der Waals surface area contributed by atoms with E-state index in [1.54, 1.807) is 12.1 Å². The Morgan fingerprint density at radius 1 is 1.64 bits per heavy atom. The van der Waals surface area contributed by atoms with Crippen LogP contribution in [0.5, 0.6) is 0 Å². The predicted octanol–water partition coefficient (Wildman–Crippen LogP) is 0.637. The first-order valence-corrected chi connectivity index (χ1v) is 3.89. The van der Waals surface area contributed by atoms with Crippen molar-refractivity contribution in [2.45, 2.75) is 0 Å². The van der Waals surface area contributed by atoms with Crippen LogP contribution in [0.15, 0.2) is 18.2 Å². The van der Waals surface area contributed by atoms with Crippen LogP contribution in [0, 0.1) is 11.3 Å². The maximum absolute atomic E-state index is 10.3. The molecule has 1 rings (SSSR count). The molecule has 0 fully saturated rings. The summed E-state index contributed by atoms with van der Waals surface area (Å²) in [4.78, 5) is 10.3. The number of nitrogens with zero attached hydrogens (tertiary/aromatic N) is 1. The van der Waals surface area contributed by atoms with E-state index in [9.17, 15) is 4.79 Å². The summed E-state index contributed by atoms with van der Waals surface area (Å²) in [6.07, 6.45) is 0. The molecule has 1 aromatic rings. The molecule has 0 amide bonds. The lowest BCUT2D eigenvalue weighted by Crippen LogP contribution is -2.13. The van der Waals surface area contributed by atoms with Gasteiger partial charge in [0.05, 0.1) is 23.0 Å². The number of anilines is 2. The molecule has 4 N–H and O–H groups in total. The van der Waals surface area contributed by atoms with Crippen molar-refractivity contribution in [2.24, 2.45) is 0 Å². The number of aliphatic carboxylic acids is 1. The summed E-state index contributed by atoms with van der Waals surface area (Å²) >= 11 is 0. The van der Waals surface area contributed by atoms with E-state index >= 15 is 0 Å². The zero-order valence-electron chi connectivity index (χ0n) is 7.32. The number of nitrogen functional groups attached to an aromatic ring is 1. The van der Waals surface area contributed by atoms with E-state index in [1.807, 2.05) is 6.07 Å². The monoisotopic (exact) mass is 191 g/mol. The highest BCUT2D eigenvalue weighted by Crippen LogP contribution is 2.18. The first-order chi connectivity index (χ1) is 6.63. The number of carbonyl (C=O) groups is 1. The number of carboxylic acid groups (broad SMARTS) is 1. The first-order valence-electron chi connectivity index (χ1n) is 3.89. The van der Waals surface area contributed by atoms with Crippen LogP contribution in [0.25, 0.3) is 0 Å². The van der Waals surface area contributed by atoms with Crippen molar-refractivity contribution in [3.8, 4) is 6.07 Å². The lowest BCUT2D eigenvalue weighted by Gasteiger charge is -2.06. The molecule has 5 heteroatoms. The van der Waals surface area contributed by atoms with Crippen molar-refractivity contribution in [2.75, 3.05) is 17.6 Å². The molecule has 0 aromatic heterocycles. The number of benzene rings is 1. The quantitative estimate of drug-likeness (QED) is 0.609. The average molecular weight is 191 g/mol. The summed E-state index contributed by atoms with van der Waals surface area (Å²) in [6, 6.07) is 6.58. The Morgan fingerprint density at radius 2 is 2.36 bits per heavy atom. The van der Waals surface area contributed by atoms with E-state index in [1.165, 1.54) is 6.07 Å². The maximum atomic E-state index is 10.3. The molecule has 0 saturated heterocycles. The van der Waals surface area contributed by atoms with Gasteiger partial charge in [0.25, 0.3) is 0 Å². The summed E-state index contributed by atoms with van der Waals surface area (Å²) in [5, 5.41) is 19.6. The third-order valence-corrected chi connectivity index (χ3v) is 1.61. The van der Waals surface area contributed by atoms with Crippen molar-refractivity contribution >= 4 is 17.3 Å². The van der Waals surface area contributed by atoms with Crippen molar-refractivity contribution in [1.29, 1.82) is 5.26 Å². The molecule has 0 aliphatic carbocycles. The van der Waals surface area contributed by atoms with Crippen LogP contribution in [0.2, 0.25) is 0 Å². The Morgan fingerprint density at radius 3 is 2.93 bits per heavy atom. The number of nitrogens with two attached hydrogens (primary N) is 1. The maximum Gasteiger partial charge on any atom is 0.322 e. The first kappa shape index (κ1) is 9.86. The van der Waals surface area contributed by atoms with E-state index in [-0.39, 0.29) is 6.54 Å². The van der Waals surface area contributed by atoms with Gasteiger partial charge in [-0.1, -0.05) is 0 Å². The molecule has 0 aliphatic heterocycles. The number of hydrogen-bond acceptors (Lipinski definition) is 4. The van der Waals surface area contributed by atoms with Gasteiger partial charge in [-0.2, -0.15) is 5.26 Å². The average Bonchev–Trinajstić information content (AvgIpc) is 2.16. The second-order valence-electron chi connectivity index (χ2n) is 2.66. The smallest absolute Gasteiger partial charge is 0.322 e. The number of rotatable bonds is 3. The van der Waals surface area contributed by atoms with E-state index in [0.29, 0.717) is 16.9 Å². The van der Waals surface area contributed by atoms with Gasteiger partial charge in [-0.25, -0.2) is 0 Å². The van der Waals surface area contributed by atoms with Gasteiger partial charge in [-0.05, 0) is 18.2 Å². The Labute approximate surface area is 80.8 Å². The summed E-state index contributed by atoms with van der Waals surface area (Å²) < 4.78 is 0. The second kappa shape index (κ2) is 4.14. The van der Waals surface area contributed by atoms with Crippen LogP contribution < -0.4 is 11.1 Å². The standard InChI is InChI=1S/C9H9N3O2/c10-4-6-1-2-7(11)8(3-6)12-5-9(13)14/h1-3,12H,5,11H2,(H,13,14). The third kappa shape index (κ3) is 2.38. The minimum absolute atomic E-state index is 0.223. The summed E-state index contributed by atoms with van der Waals surface area (Å²) in [5.74, 6) is -0.980. The molecule has 1 aromatic carbocycles. The number of nitrogens with one attached hydrogen (secondary N) is 1. The molecule has 0 heterocycles. The molecule has 0 atom stereocenters. The molecule has 0 aliphatic rings. The molecule has 72 valence electrons. The van der Waals surface area contributed by atoms with Crippen molar-refractivity contribution < 1.29 is 9.90 Å². The number of nitriles is 1. The van der Waals surface area contributed by atoms with Crippen LogP contribution in [0.4, 0.5) is 11.4 Å². The second-order valence-corrected chi connectivity index (χ2v) is 2.66. The summed E-state index contributed by atoms with van der Waals surface area (Å²) in [6.45, 7) is -0.223. The van der Waals surface area contributed by atoms with Crippen LogP contribution in [0.3, 0.4) is 0 Å². The lowest BCUT2D eigenvalue weighted by molar-refractivity contribution is -0.134. The highest BCUT2D eigenvalue weighted by molar-refractivity contribution is 5.76. The topological polar surface area (TPSA) is 99.1 Å². The molecule has 0 spiro atoms. The van der Waals surface area contributed by atoms with Crippen LogP contribution >= 0.6 is 0 Å². The Kier molecular flexibility index (Phi) is 2.92. The molecule has 14 heavy (non-hydrogen) atoms. The van der Waals surface area contributed by atoms with Gasteiger partial charge in [0, 0.05) is 0 Å². The minimum atomic E-state index is -0.980. The predicted molar refractivity (Wildman–Crippen MR) is 51.7 cm³/mol. The van der Waals surface area contributed by atoms with Gasteiger partial charge < -0.3 is 16.2 Å². The normalized spacial score (nSPS) is 9.07. The summed E-state index contributed by atoms with van der Waals surface area (Å²) in [5.41, 5.74) is 6.89. The van der Waals surface area contributed by atoms with Crippen LogP contribution in [-0.2, 0) is 4.79 Å². The Hall–Kier alpha value is -2.22. The fourth-order valence-electron chi connectivity index (χ4n) is 0.950. The van der Waals surface area contributed by atoms with Gasteiger partial charge in [-0.3, -0.25) is 4.79 Å². The zero-order chi connectivity index (χ0) is 10.6. The molecule has 0 radical (unpaired) electrons. The van der Waals surface area contributed by atoms with E-state index < -0.39 is 5.97 Å². The number of hydrogen-bond donors (Lipinski definition) is 3. The Bertz CT molecular complexity index is 396. The fraction of sp³-hybridized carbons (Fsp3) is 0.111. The molecule has 0 unspecified atom stereocenters. The van der Waals surface area contributed by atoms with Gasteiger partial charge in [0.1, 0.15) is 6.54 Å². The SMILES string of the molecule is N#Cc1ccc(N)c(NCC(=O)O)c1. The van der Waals surface area contributed by atoms with Crippen molar-refractivity contribution in [3.05, 3.63) is 23.8 Å². The van der Waals surface area contributed by atoms with Gasteiger partial charge in [-0.15, -0.1) is 0 Å².